The SMILES string of the molecule is COc1cccc(CN(Cc2ccccn2)Cc2ccnc3ccccc23)c1OC. The molecule has 0 aliphatic carbocycles. The predicted molar refractivity (Wildman–Crippen MR) is 118 cm³/mol. The molecule has 152 valence electrons. The van der Waals surface area contributed by atoms with Gasteiger partial charge in [-0.05, 0) is 35.9 Å². The van der Waals surface area contributed by atoms with E-state index in [-0.39, 0.29) is 0 Å². The van der Waals surface area contributed by atoms with Crippen molar-refractivity contribution in [2.24, 2.45) is 0 Å². The lowest BCUT2D eigenvalue weighted by Crippen LogP contribution is -2.23. The van der Waals surface area contributed by atoms with Crippen LogP contribution in [-0.2, 0) is 19.6 Å². The Balaban J connectivity index is 1.68. The summed E-state index contributed by atoms with van der Waals surface area (Å²) in [5.41, 5.74) is 4.34. The monoisotopic (exact) mass is 399 g/mol. The minimum atomic E-state index is 0.702. The maximum Gasteiger partial charge on any atom is 0.165 e. The zero-order valence-corrected chi connectivity index (χ0v) is 17.3. The van der Waals surface area contributed by atoms with Crippen LogP contribution in [0.2, 0.25) is 0 Å². The average Bonchev–Trinajstić information content (AvgIpc) is 2.79. The Morgan fingerprint density at radius 2 is 1.53 bits per heavy atom. The van der Waals surface area contributed by atoms with E-state index in [0.717, 1.165) is 41.4 Å². The van der Waals surface area contributed by atoms with Gasteiger partial charge in [0, 0.05) is 43.0 Å². The number of hydrogen-bond acceptors (Lipinski definition) is 5. The van der Waals surface area contributed by atoms with E-state index >= 15 is 0 Å². The molecule has 4 rings (SSSR count). The molecule has 0 aliphatic rings. The average molecular weight is 399 g/mol. The summed E-state index contributed by atoms with van der Waals surface area (Å²) in [6, 6.07) is 22.4. The molecular weight excluding hydrogens is 374 g/mol. The van der Waals surface area contributed by atoms with Crippen LogP contribution in [0, 0.1) is 0 Å². The molecule has 0 N–H and O–H groups in total. The van der Waals surface area contributed by atoms with Crippen LogP contribution in [0.25, 0.3) is 10.9 Å². The summed E-state index contributed by atoms with van der Waals surface area (Å²) in [7, 11) is 3.34. The highest BCUT2D eigenvalue weighted by Crippen LogP contribution is 2.32. The number of hydrogen-bond donors (Lipinski definition) is 0. The van der Waals surface area contributed by atoms with Crippen LogP contribution in [-0.4, -0.2) is 29.1 Å². The molecule has 0 atom stereocenters. The molecule has 5 nitrogen and oxygen atoms in total. The fraction of sp³-hybridized carbons (Fsp3) is 0.200. The number of methoxy groups -OCH3 is 2. The number of para-hydroxylation sites is 2. The molecular formula is C25H25N3O2. The highest BCUT2D eigenvalue weighted by molar-refractivity contribution is 5.81. The highest BCUT2D eigenvalue weighted by Gasteiger charge is 2.16. The molecule has 30 heavy (non-hydrogen) atoms. The van der Waals surface area contributed by atoms with E-state index in [1.165, 1.54) is 10.9 Å². The van der Waals surface area contributed by atoms with E-state index in [4.69, 9.17) is 9.47 Å². The molecule has 2 aromatic carbocycles. The maximum atomic E-state index is 5.66. The van der Waals surface area contributed by atoms with Gasteiger partial charge in [-0.1, -0.05) is 36.4 Å². The lowest BCUT2D eigenvalue weighted by molar-refractivity contribution is 0.240. The van der Waals surface area contributed by atoms with Crippen LogP contribution in [0.15, 0.2) is 79.1 Å². The predicted octanol–water partition coefficient (Wildman–Crippen LogP) is 4.85. The van der Waals surface area contributed by atoms with Gasteiger partial charge in [0.1, 0.15) is 0 Å². The molecule has 0 bridgehead atoms. The first-order valence-electron chi connectivity index (χ1n) is 9.93. The number of nitrogens with zero attached hydrogens (tertiary/aromatic N) is 3. The van der Waals surface area contributed by atoms with Crippen molar-refractivity contribution in [1.29, 1.82) is 0 Å². The maximum absolute atomic E-state index is 5.66. The zero-order chi connectivity index (χ0) is 20.8. The van der Waals surface area contributed by atoms with Gasteiger partial charge in [-0.25, -0.2) is 0 Å². The van der Waals surface area contributed by atoms with E-state index < -0.39 is 0 Å². The number of rotatable bonds is 8. The second-order valence-corrected chi connectivity index (χ2v) is 7.11. The minimum Gasteiger partial charge on any atom is -0.493 e. The Morgan fingerprint density at radius 3 is 2.33 bits per heavy atom. The molecule has 4 aromatic rings. The Morgan fingerprint density at radius 1 is 0.700 bits per heavy atom. The van der Waals surface area contributed by atoms with Crippen molar-refractivity contribution >= 4 is 10.9 Å². The Kier molecular flexibility index (Phi) is 6.20. The molecule has 0 unspecified atom stereocenters. The quantitative estimate of drug-likeness (QED) is 0.424. The van der Waals surface area contributed by atoms with Crippen molar-refractivity contribution in [1.82, 2.24) is 14.9 Å². The van der Waals surface area contributed by atoms with Crippen molar-refractivity contribution < 1.29 is 9.47 Å². The highest BCUT2D eigenvalue weighted by atomic mass is 16.5. The van der Waals surface area contributed by atoms with Gasteiger partial charge < -0.3 is 9.47 Å². The normalized spacial score (nSPS) is 11.0. The summed E-state index contributed by atoms with van der Waals surface area (Å²) in [4.78, 5) is 11.4. The standard InChI is InChI=1S/C25H25N3O2/c1-29-24-12-7-8-20(25(24)30-2)17-28(18-21-9-5-6-14-26-21)16-19-13-15-27-23-11-4-3-10-22(19)23/h3-15H,16-18H2,1-2H3. The van der Waals surface area contributed by atoms with E-state index in [9.17, 15) is 0 Å². The molecule has 2 aromatic heterocycles. The second-order valence-electron chi connectivity index (χ2n) is 7.11. The molecule has 0 radical (unpaired) electrons. The number of fused-ring (bicyclic) bond motifs is 1. The molecule has 2 heterocycles. The zero-order valence-electron chi connectivity index (χ0n) is 17.3. The fourth-order valence-corrected chi connectivity index (χ4v) is 3.74. The van der Waals surface area contributed by atoms with E-state index in [1.807, 2.05) is 48.8 Å². The summed E-state index contributed by atoms with van der Waals surface area (Å²) in [6.07, 6.45) is 3.71. The van der Waals surface area contributed by atoms with E-state index in [1.54, 1.807) is 14.2 Å². The smallest absolute Gasteiger partial charge is 0.165 e. The van der Waals surface area contributed by atoms with Crippen molar-refractivity contribution in [2.75, 3.05) is 14.2 Å². The first-order valence-corrected chi connectivity index (χ1v) is 9.93. The van der Waals surface area contributed by atoms with Gasteiger partial charge in [-0.2, -0.15) is 0 Å². The van der Waals surface area contributed by atoms with Gasteiger partial charge in [0.2, 0.25) is 0 Å². The van der Waals surface area contributed by atoms with Crippen LogP contribution in [0.4, 0.5) is 0 Å². The third-order valence-corrected chi connectivity index (χ3v) is 5.12. The summed E-state index contributed by atoms with van der Waals surface area (Å²) >= 11 is 0. The molecule has 0 aliphatic heterocycles. The van der Waals surface area contributed by atoms with Gasteiger partial charge in [0.25, 0.3) is 0 Å². The van der Waals surface area contributed by atoms with Crippen LogP contribution in [0.3, 0.4) is 0 Å². The molecule has 0 spiro atoms. The van der Waals surface area contributed by atoms with Gasteiger partial charge in [-0.15, -0.1) is 0 Å². The summed E-state index contributed by atoms with van der Waals surface area (Å²) < 4.78 is 11.2. The van der Waals surface area contributed by atoms with Gasteiger partial charge >= 0.3 is 0 Å². The van der Waals surface area contributed by atoms with E-state index in [0.29, 0.717) is 6.54 Å². The molecule has 0 saturated heterocycles. The second kappa shape index (κ2) is 9.37. The third kappa shape index (κ3) is 4.42. The largest absolute Gasteiger partial charge is 0.493 e. The van der Waals surface area contributed by atoms with Crippen molar-refractivity contribution in [3.8, 4) is 11.5 Å². The number of aromatic nitrogens is 2. The van der Waals surface area contributed by atoms with Crippen molar-refractivity contribution in [2.45, 2.75) is 19.6 Å². The van der Waals surface area contributed by atoms with Crippen molar-refractivity contribution in [3.05, 3.63) is 95.9 Å². The van der Waals surface area contributed by atoms with Gasteiger partial charge in [0.15, 0.2) is 11.5 Å². The number of benzene rings is 2. The fourth-order valence-electron chi connectivity index (χ4n) is 3.74. The Hall–Kier alpha value is -3.44. The van der Waals surface area contributed by atoms with Crippen LogP contribution in [0.1, 0.15) is 16.8 Å². The minimum absolute atomic E-state index is 0.702. The first-order chi connectivity index (χ1) is 14.8. The number of pyridine rings is 2. The molecule has 0 fully saturated rings. The van der Waals surface area contributed by atoms with Crippen LogP contribution in [0.5, 0.6) is 11.5 Å². The van der Waals surface area contributed by atoms with Gasteiger partial charge in [-0.3, -0.25) is 14.9 Å². The first kappa shape index (κ1) is 19.9. The summed E-state index contributed by atoms with van der Waals surface area (Å²) in [6.45, 7) is 2.19. The summed E-state index contributed by atoms with van der Waals surface area (Å²) in [5, 5.41) is 1.17. The van der Waals surface area contributed by atoms with Crippen LogP contribution < -0.4 is 9.47 Å². The third-order valence-electron chi connectivity index (χ3n) is 5.12. The van der Waals surface area contributed by atoms with E-state index in [2.05, 4.69) is 45.2 Å². The molecule has 0 saturated carbocycles. The lowest BCUT2D eigenvalue weighted by atomic mass is 10.1. The molecule has 0 amide bonds. The number of ether oxygens (including phenoxy) is 2. The Labute approximate surface area is 176 Å². The van der Waals surface area contributed by atoms with Crippen LogP contribution >= 0.6 is 0 Å². The lowest BCUT2D eigenvalue weighted by Gasteiger charge is -2.24. The Bertz CT molecular complexity index is 1110. The van der Waals surface area contributed by atoms with Crippen molar-refractivity contribution in [3.63, 3.8) is 0 Å². The van der Waals surface area contributed by atoms with Gasteiger partial charge in [0.05, 0.1) is 25.4 Å². The molecule has 5 heteroatoms. The summed E-state index contributed by atoms with van der Waals surface area (Å²) in [5.74, 6) is 1.51. The topological polar surface area (TPSA) is 47.5 Å².